The Morgan fingerprint density at radius 1 is 1.56 bits per heavy atom. The second-order valence-electron chi connectivity index (χ2n) is 5.09. The number of pyridine rings is 1. The highest BCUT2D eigenvalue weighted by Crippen LogP contribution is 2.31. The van der Waals surface area contributed by atoms with E-state index >= 15 is 0 Å². The van der Waals surface area contributed by atoms with Crippen LogP contribution in [0, 0.1) is 6.92 Å². The van der Waals surface area contributed by atoms with E-state index in [0.29, 0.717) is 17.3 Å². The van der Waals surface area contributed by atoms with Crippen LogP contribution < -0.4 is 11.1 Å². The fourth-order valence-corrected chi connectivity index (χ4v) is 2.69. The molecule has 3 N–H and O–H groups in total. The molecule has 0 unspecified atom stereocenters. The van der Waals surface area contributed by atoms with Gasteiger partial charge in [-0.25, -0.2) is 4.98 Å². The van der Waals surface area contributed by atoms with E-state index in [4.69, 9.17) is 17.3 Å². The zero-order valence-electron chi connectivity index (χ0n) is 10.5. The number of halogens is 1. The molecular weight excluding hydrogens is 250 g/mol. The second-order valence-corrected chi connectivity index (χ2v) is 5.45. The number of anilines is 1. The first-order valence-electron chi connectivity index (χ1n) is 6.20. The number of hydrogen-bond acceptors (Lipinski definition) is 3. The molecule has 1 amide bonds. The summed E-state index contributed by atoms with van der Waals surface area (Å²) in [6, 6.07) is 1.81. The van der Waals surface area contributed by atoms with E-state index in [0.717, 1.165) is 31.2 Å². The van der Waals surface area contributed by atoms with Crippen LogP contribution in [-0.2, 0) is 4.79 Å². The number of aryl methyl sites for hydroxylation is 1. The number of hydrogen-bond donors (Lipinski definition) is 2. The number of carbonyl (C=O) groups excluding carboxylic acids is 1. The molecule has 1 aliphatic rings. The predicted molar refractivity (Wildman–Crippen MR) is 72.6 cm³/mol. The second kappa shape index (κ2) is 5.24. The Bertz CT molecular complexity index is 435. The van der Waals surface area contributed by atoms with E-state index in [9.17, 15) is 4.79 Å². The molecule has 0 saturated heterocycles. The van der Waals surface area contributed by atoms with E-state index in [2.05, 4.69) is 10.3 Å². The molecule has 1 heterocycles. The van der Waals surface area contributed by atoms with Crippen LogP contribution in [0.15, 0.2) is 12.3 Å². The summed E-state index contributed by atoms with van der Waals surface area (Å²) in [4.78, 5) is 16.0. The number of carbonyl (C=O) groups is 1. The van der Waals surface area contributed by atoms with Crippen molar-refractivity contribution in [3.63, 3.8) is 0 Å². The minimum Gasteiger partial charge on any atom is -0.325 e. The fraction of sp³-hybridized carbons (Fsp3) is 0.538. The van der Waals surface area contributed by atoms with Gasteiger partial charge in [0.25, 0.3) is 0 Å². The number of nitrogens with two attached hydrogens (primary N) is 1. The third-order valence-corrected chi connectivity index (χ3v) is 3.78. The Balaban J connectivity index is 2.03. The molecule has 0 bridgehead atoms. The highest BCUT2D eigenvalue weighted by molar-refractivity contribution is 6.32. The number of nitrogens with one attached hydrogen (secondary N) is 1. The van der Waals surface area contributed by atoms with Gasteiger partial charge in [0.1, 0.15) is 0 Å². The summed E-state index contributed by atoms with van der Waals surface area (Å²) in [6.45, 7) is 1.89. The average molecular weight is 268 g/mol. The summed E-state index contributed by atoms with van der Waals surface area (Å²) in [5.74, 6) is -0.0857. The molecule has 4 nitrogen and oxygen atoms in total. The van der Waals surface area contributed by atoms with Crippen molar-refractivity contribution in [1.82, 2.24) is 4.98 Å². The molecule has 1 aromatic heterocycles. The summed E-state index contributed by atoms with van der Waals surface area (Å²) in [6.07, 6.45) is 6.01. The maximum atomic E-state index is 12.0. The molecule has 0 radical (unpaired) electrons. The Morgan fingerprint density at radius 3 is 2.83 bits per heavy atom. The zero-order chi connectivity index (χ0) is 13.2. The van der Waals surface area contributed by atoms with E-state index < -0.39 is 0 Å². The molecule has 0 spiro atoms. The average Bonchev–Trinajstić information content (AvgIpc) is 2.70. The molecule has 0 aliphatic heterocycles. The summed E-state index contributed by atoms with van der Waals surface area (Å²) >= 11 is 5.97. The third-order valence-electron chi connectivity index (χ3n) is 3.49. The molecule has 0 atom stereocenters. The van der Waals surface area contributed by atoms with E-state index in [-0.39, 0.29) is 11.4 Å². The van der Waals surface area contributed by atoms with Gasteiger partial charge < -0.3 is 11.1 Å². The van der Waals surface area contributed by atoms with Crippen LogP contribution in [0.4, 0.5) is 5.69 Å². The van der Waals surface area contributed by atoms with Crippen LogP contribution >= 0.6 is 11.6 Å². The number of aromatic nitrogens is 1. The van der Waals surface area contributed by atoms with E-state index in [1.807, 2.05) is 13.0 Å². The van der Waals surface area contributed by atoms with Crippen molar-refractivity contribution in [3.8, 4) is 0 Å². The lowest BCUT2D eigenvalue weighted by Gasteiger charge is -2.22. The van der Waals surface area contributed by atoms with E-state index in [1.54, 1.807) is 6.20 Å². The van der Waals surface area contributed by atoms with Gasteiger partial charge in [-0.3, -0.25) is 4.79 Å². The van der Waals surface area contributed by atoms with E-state index in [1.165, 1.54) is 0 Å². The third kappa shape index (κ3) is 3.00. The lowest BCUT2D eigenvalue weighted by Crippen LogP contribution is -2.40. The molecule has 1 fully saturated rings. The highest BCUT2D eigenvalue weighted by atomic mass is 35.5. The first-order valence-corrected chi connectivity index (χ1v) is 6.58. The predicted octanol–water partition coefficient (Wildman–Crippen LogP) is 2.64. The van der Waals surface area contributed by atoms with Crippen molar-refractivity contribution in [2.75, 3.05) is 5.32 Å². The molecule has 98 valence electrons. The molecule has 5 heteroatoms. The van der Waals surface area contributed by atoms with Gasteiger partial charge in [-0.15, -0.1) is 0 Å². The van der Waals surface area contributed by atoms with Crippen LogP contribution in [0.5, 0.6) is 0 Å². The van der Waals surface area contributed by atoms with Crippen LogP contribution in [0.2, 0.25) is 5.15 Å². The Hall–Kier alpha value is -1.13. The zero-order valence-corrected chi connectivity index (χ0v) is 11.3. The quantitative estimate of drug-likeness (QED) is 0.828. The van der Waals surface area contributed by atoms with Crippen LogP contribution in [0.3, 0.4) is 0 Å². The molecule has 1 aliphatic carbocycles. The van der Waals surface area contributed by atoms with Crippen LogP contribution in [-0.4, -0.2) is 16.4 Å². The maximum absolute atomic E-state index is 12.0. The highest BCUT2D eigenvalue weighted by Gasteiger charge is 2.31. The van der Waals surface area contributed by atoms with Crippen LogP contribution in [0.25, 0.3) is 0 Å². The van der Waals surface area contributed by atoms with Crippen LogP contribution in [0.1, 0.15) is 37.7 Å². The Labute approximate surface area is 112 Å². The van der Waals surface area contributed by atoms with Gasteiger partial charge in [-0.05, 0) is 31.4 Å². The van der Waals surface area contributed by atoms with Crippen molar-refractivity contribution in [2.24, 2.45) is 5.73 Å². The first kappa shape index (κ1) is 13.3. The lowest BCUT2D eigenvalue weighted by molar-refractivity contribution is -0.117. The number of rotatable bonds is 3. The van der Waals surface area contributed by atoms with Gasteiger partial charge in [0.15, 0.2) is 5.15 Å². The van der Waals surface area contributed by atoms with Crippen molar-refractivity contribution in [1.29, 1.82) is 0 Å². The van der Waals surface area contributed by atoms with Gasteiger partial charge in [0.2, 0.25) is 5.91 Å². The number of amides is 1. The largest absolute Gasteiger partial charge is 0.325 e. The van der Waals surface area contributed by atoms with Crippen molar-refractivity contribution in [2.45, 2.75) is 44.6 Å². The van der Waals surface area contributed by atoms with Gasteiger partial charge >= 0.3 is 0 Å². The maximum Gasteiger partial charge on any atom is 0.226 e. The summed E-state index contributed by atoms with van der Waals surface area (Å²) in [5.41, 5.74) is 7.33. The van der Waals surface area contributed by atoms with Gasteiger partial charge in [0, 0.05) is 18.2 Å². The standard InChI is InChI=1S/C13H18ClN3O/c1-9-4-7-16-12(14)11(9)17-10(18)8-13(15)5-2-3-6-13/h4,7H,2-3,5-6,8,15H2,1H3,(H,17,18). The number of nitrogens with zero attached hydrogens (tertiary/aromatic N) is 1. The summed E-state index contributed by atoms with van der Waals surface area (Å²) in [7, 11) is 0. The van der Waals surface area contributed by atoms with Crippen molar-refractivity contribution < 1.29 is 4.79 Å². The summed E-state index contributed by atoms with van der Waals surface area (Å²) in [5, 5.41) is 3.14. The molecule has 0 aromatic carbocycles. The fourth-order valence-electron chi connectivity index (χ4n) is 2.43. The minimum atomic E-state index is -0.341. The molecule has 1 aromatic rings. The van der Waals surface area contributed by atoms with Gasteiger partial charge in [-0.2, -0.15) is 0 Å². The molecule has 2 rings (SSSR count). The monoisotopic (exact) mass is 267 g/mol. The van der Waals surface area contributed by atoms with Gasteiger partial charge in [0.05, 0.1) is 5.69 Å². The first-order chi connectivity index (χ1) is 8.50. The Kier molecular flexibility index (Phi) is 3.88. The topological polar surface area (TPSA) is 68.0 Å². The minimum absolute atomic E-state index is 0.0857. The lowest BCUT2D eigenvalue weighted by atomic mass is 9.94. The molecule has 18 heavy (non-hydrogen) atoms. The van der Waals surface area contributed by atoms with Crippen molar-refractivity contribution >= 4 is 23.2 Å². The molecule has 1 saturated carbocycles. The smallest absolute Gasteiger partial charge is 0.226 e. The van der Waals surface area contributed by atoms with Crippen molar-refractivity contribution in [3.05, 3.63) is 23.0 Å². The SMILES string of the molecule is Cc1ccnc(Cl)c1NC(=O)CC1(N)CCCC1. The normalized spacial score (nSPS) is 17.7. The summed E-state index contributed by atoms with van der Waals surface area (Å²) < 4.78 is 0. The Morgan fingerprint density at radius 2 is 2.22 bits per heavy atom. The van der Waals surface area contributed by atoms with Gasteiger partial charge in [-0.1, -0.05) is 24.4 Å². The molecular formula is C13H18ClN3O.